The summed E-state index contributed by atoms with van der Waals surface area (Å²) in [6.45, 7) is 21.7. The summed E-state index contributed by atoms with van der Waals surface area (Å²) in [5.74, 6) is 3.00. The first-order valence-electron chi connectivity index (χ1n) is 17.7. The van der Waals surface area contributed by atoms with Gasteiger partial charge in [0.05, 0.1) is 18.9 Å². The molecule has 0 aliphatic carbocycles. The van der Waals surface area contributed by atoms with Gasteiger partial charge in [-0.25, -0.2) is 0 Å². The van der Waals surface area contributed by atoms with Crippen LogP contribution < -0.4 is 9.47 Å². The van der Waals surface area contributed by atoms with E-state index < -0.39 is 11.9 Å². The lowest BCUT2D eigenvalue weighted by atomic mass is 9.83. The van der Waals surface area contributed by atoms with Gasteiger partial charge in [0.25, 0.3) is 0 Å². The van der Waals surface area contributed by atoms with Gasteiger partial charge in [0.15, 0.2) is 0 Å². The van der Waals surface area contributed by atoms with Crippen molar-refractivity contribution >= 4 is 11.9 Å². The molecule has 0 spiro atoms. The summed E-state index contributed by atoms with van der Waals surface area (Å²) in [7, 11) is 1.62. The van der Waals surface area contributed by atoms with E-state index in [0.717, 1.165) is 65.0 Å². The molecule has 3 atom stereocenters. The number of rotatable bonds is 20. The molecule has 45 heavy (non-hydrogen) atoms. The molecular weight excluding hydrogens is 566 g/mol. The molecule has 0 fully saturated rings. The van der Waals surface area contributed by atoms with Gasteiger partial charge >= 0.3 is 11.9 Å². The van der Waals surface area contributed by atoms with Gasteiger partial charge in [-0.3, -0.25) is 9.59 Å². The predicted octanol–water partition coefficient (Wildman–Crippen LogP) is 9.59. The van der Waals surface area contributed by atoms with Crippen LogP contribution in [0.2, 0.25) is 0 Å². The summed E-state index contributed by atoms with van der Waals surface area (Å²) in [5.41, 5.74) is 3.81. The molecule has 0 N–H and O–H groups in total. The maximum atomic E-state index is 12.7. The number of benzene rings is 1. The highest BCUT2D eigenvalue weighted by atomic mass is 16.7. The van der Waals surface area contributed by atoms with E-state index in [2.05, 4.69) is 41.5 Å². The van der Waals surface area contributed by atoms with Crippen LogP contribution in [0.5, 0.6) is 11.5 Å². The van der Waals surface area contributed by atoms with E-state index in [1.807, 2.05) is 27.7 Å². The van der Waals surface area contributed by atoms with Crippen LogP contribution in [-0.2, 0) is 25.6 Å². The SMILES string of the molecule is Cc1c(C)c2c(c(C)c1OC(=O)CCC(=O)ON(C)COC(C)C)CCC(C)(CCCC(C)CCCC(C)CCCC(C)C)O2. The summed E-state index contributed by atoms with van der Waals surface area (Å²) >= 11 is 0. The van der Waals surface area contributed by atoms with Crippen molar-refractivity contribution in [2.45, 2.75) is 164 Å². The minimum absolute atomic E-state index is 0.0264. The van der Waals surface area contributed by atoms with E-state index in [4.69, 9.17) is 19.0 Å². The van der Waals surface area contributed by atoms with Gasteiger partial charge in [-0.15, -0.1) is 5.06 Å². The first-order valence-corrected chi connectivity index (χ1v) is 17.7. The summed E-state index contributed by atoms with van der Waals surface area (Å²) in [6, 6.07) is 0. The lowest BCUT2D eigenvalue weighted by Crippen LogP contribution is -2.37. The number of esters is 1. The second-order valence-electron chi connectivity index (χ2n) is 14.8. The fourth-order valence-electron chi connectivity index (χ4n) is 6.28. The Kier molecular flexibility index (Phi) is 16.4. The molecule has 0 radical (unpaired) electrons. The van der Waals surface area contributed by atoms with Crippen molar-refractivity contribution in [3.8, 4) is 11.5 Å². The lowest BCUT2D eigenvalue weighted by molar-refractivity contribution is -0.208. The Hall–Kier alpha value is -2.12. The molecule has 258 valence electrons. The molecule has 0 bridgehead atoms. The fourth-order valence-corrected chi connectivity index (χ4v) is 6.28. The van der Waals surface area contributed by atoms with Crippen LogP contribution in [0.25, 0.3) is 0 Å². The molecule has 1 aliphatic heterocycles. The molecule has 1 aromatic carbocycles. The molecule has 1 aromatic rings. The van der Waals surface area contributed by atoms with E-state index >= 15 is 0 Å². The Morgan fingerprint density at radius 1 is 0.822 bits per heavy atom. The van der Waals surface area contributed by atoms with Crippen LogP contribution in [0.15, 0.2) is 0 Å². The summed E-state index contributed by atoms with van der Waals surface area (Å²) < 4.78 is 18.0. The molecule has 0 saturated carbocycles. The monoisotopic (exact) mass is 631 g/mol. The quantitative estimate of drug-likeness (QED) is 0.0614. The Labute approximate surface area is 275 Å². The van der Waals surface area contributed by atoms with Crippen molar-refractivity contribution < 1.29 is 28.6 Å². The highest BCUT2D eigenvalue weighted by Gasteiger charge is 2.35. The summed E-state index contributed by atoms with van der Waals surface area (Å²) in [5, 5.41) is 1.32. The number of fused-ring (bicyclic) bond motifs is 1. The van der Waals surface area contributed by atoms with Gasteiger partial charge in [-0.2, -0.15) is 0 Å². The Morgan fingerprint density at radius 2 is 1.40 bits per heavy atom. The van der Waals surface area contributed by atoms with Crippen molar-refractivity contribution in [3.63, 3.8) is 0 Å². The third-order valence-electron chi connectivity index (χ3n) is 9.43. The number of carbonyl (C=O) groups excluding carboxylic acids is 2. The van der Waals surface area contributed by atoms with E-state index in [-0.39, 0.29) is 31.3 Å². The predicted molar refractivity (Wildman–Crippen MR) is 183 cm³/mol. The highest BCUT2D eigenvalue weighted by Crippen LogP contribution is 2.45. The smallest absolute Gasteiger partial charge is 0.325 e. The standard InChI is InChI=1S/C38H65NO6/c1-26(2)15-12-16-28(5)17-13-18-29(6)19-14-23-38(10)24-22-33-32(9)36(30(7)31(8)37(33)44-38)43-34(40)20-21-35(41)45-39(11)25-42-27(3)4/h26-29H,12-25H2,1-11H3. The average molecular weight is 632 g/mol. The third kappa shape index (κ3) is 13.6. The number of nitrogens with zero attached hydrogens (tertiary/aromatic N) is 1. The average Bonchev–Trinajstić information content (AvgIpc) is 2.95. The summed E-state index contributed by atoms with van der Waals surface area (Å²) in [6.07, 6.45) is 13.3. The van der Waals surface area contributed by atoms with Crippen LogP contribution in [0.3, 0.4) is 0 Å². The van der Waals surface area contributed by atoms with Crippen molar-refractivity contribution in [2.75, 3.05) is 13.8 Å². The Balaban J connectivity index is 1.85. The number of hydrogen-bond donors (Lipinski definition) is 0. The van der Waals surface area contributed by atoms with Crippen LogP contribution in [0.1, 0.15) is 148 Å². The number of hydroxylamine groups is 2. The second-order valence-corrected chi connectivity index (χ2v) is 14.8. The van der Waals surface area contributed by atoms with Gasteiger partial charge in [0, 0.05) is 12.6 Å². The third-order valence-corrected chi connectivity index (χ3v) is 9.43. The van der Waals surface area contributed by atoms with E-state index in [1.165, 1.54) is 56.4 Å². The van der Waals surface area contributed by atoms with Crippen molar-refractivity contribution in [1.82, 2.24) is 5.06 Å². The van der Waals surface area contributed by atoms with Gasteiger partial charge < -0.3 is 19.0 Å². The second kappa shape index (κ2) is 18.9. The van der Waals surface area contributed by atoms with Crippen molar-refractivity contribution in [2.24, 2.45) is 17.8 Å². The lowest BCUT2D eigenvalue weighted by Gasteiger charge is -2.38. The first kappa shape index (κ1) is 39.1. The van der Waals surface area contributed by atoms with E-state index in [1.54, 1.807) is 7.05 Å². The Bertz CT molecular complexity index is 1080. The van der Waals surface area contributed by atoms with Crippen molar-refractivity contribution in [1.29, 1.82) is 0 Å². The topological polar surface area (TPSA) is 74.3 Å². The van der Waals surface area contributed by atoms with E-state index in [9.17, 15) is 9.59 Å². The molecule has 0 amide bonds. The van der Waals surface area contributed by atoms with Gasteiger partial charge in [0.2, 0.25) is 0 Å². The minimum Gasteiger partial charge on any atom is -0.487 e. The zero-order valence-electron chi connectivity index (χ0n) is 30.6. The van der Waals surface area contributed by atoms with Gasteiger partial charge in [-0.05, 0) is 102 Å². The maximum Gasteiger partial charge on any atom is 0.325 e. The van der Waals surface area contributed by atoms with Crippen LogP contribution in [0, 0.1) is 38.5 Å². The van der Waals surface area contributed by atoms with Crippen LogP contribution >= 0.6 is 0 Å². The maximum absolute atomic E-state index is 12.7. The molecular formula is C38H65NO6. The molecule has 1 aliphatic rings. The molecule has 0 saturated heterocycles. The highest BCUT2D eigenvalue weighted by molar-refractivity contribution is 5.79. The van der Waals surface area contributed by atoms with Crippen LogP contribution in [-0.4, -0.2) is 42.5 Å². The van der Waals surface area contributed by atoms with Gasteiger partial charge in [0.1, 0.15) is 23.8 Å². The van der Waals surface area contributed by atoms with E-state index in [0.29, 0.717) is 5.75 Å². The summed E-state index contributed by atoms with van der Waals surface area (Å²) in [4.78, 5) is 30.1. The normalized spacial score (nSPS) is 17.7. The number of hydrogen-bond acceptors (Lipinski definition) is 7. The molecule has 1 heterocycles. The number of carbonyl (C=O) groups is 2. The molecule has 0 aromatic heterocycles. The van der Waals surface area contributed by atoms with Crippen LogP contribution in [0.4, 0.5) is 0 Å². The zero-order valence-corrected chi connectivity index (χ0v) is 30.6. The van der Waals surface area contributed by atoms with Crippen molar-refractivity contribution in [3.05, 3.63) is 22.3 Å². The molecule has 7 heteroatoms. The Morgan fingerprint density at radius 3 is 2.00 bits per heavy atom. The zero-order chi connectivity index (χ0) is 33.7. The number of ether oxygens (including phenoxy) is 3. The molecule has 3 unspecified atom stereocenters. The minimum atomic E-state index is -0.499. The largest absolute Gasteiger partial charge is 0.487 e. The molecule has 2 rings (SSSR count). The van der Waals surface area contributed by atoms with Gasteiger partial charge in [-0.1, -0.05) is 72.6 Å². The fraction of sp³-hybridized carbons (Fsp3) is 0.789. The molecule has 7 nitrogen and oxygen atoms in total. The first-order chi connectivity index (χ1) is 21.1.